The third-order valence-electron chi connectivity index (χ3n) is 4.86. The minimum Gasteiger partial charge on any atom is -0.485 e. The van der Waals surface area contributed by atoms with E-state index in [2.05, 4.69) is 4.72 Å². The summed E-state index contributed by atoms with van der Waals surface area (Å²) in [7, 11) is -3.76. The van der Waals surface area contributed by atoms with Crippen LogP contribution in [-0.4, -0.2) is 58.2 Å². The second-order valence-electron chi connectivity index (χ2n) is 6.91. The largest absolute Gasteiger partial charge is 0.485 e. The fourth-order valence-electron chi connectivity index (χ4n) is 3.19. The second kappa shape index (κ2) is 8.81. The van der Waals surface area contributed by atoms with Crippen LogP contribution in [0.15, 0.2) is 47.4 Å². The summed E-state index contributed by atoms with van der Waals surface area (Å²) in [5, 5.41) is 0.582. The van der Waals surface area contributed by atoms with Gasteiger partial charge in [-0.3, -0.25) is 4.79 Å². The quantitative estimate of drug-likeness (QED) is 0.743. The zero-order valence-electron chi connectivity index (χ0n) is 16.0. The molecule has 1 fully saturated rings. The molecule has 160 valence electrons. The average molecular weight is 453 g/mol. The van der Waals surface area contributed by atoms with E-state index < -0.39 is 16.1 Å². The highest BCUT2D eigenvalue weighted by molar-refractivity contribution is 7.89. The smallest absolute Gasteiger partial charge is 0.267 e. The molecule has 0 radical (unpaired) electrons. The minimum absolute atomic E-state index is 0.0187. The van der Waals surface area contributed by atoms with Crippen molar-refractivity contribution in [3.05, 3.63) is 53.1 Å². The Morgan fingerprint density at radius 3 is 2.57 bits per heavy atom. The van der Waals surface area contributed by atoms with Crippen molar-refractivity contribution in [1.82, 2.24) is 9.62 Å². The predicted octanol–water partition coefficient (Wildman–Crippen LogP) is 1.82. The number of hydrogen-bond donors (Lipinski definition) is 1. The number of morpholine rings is 1. The van der Waals surface area contributed by atoms with Crippen LogP contribution >= 0.6 is 11.6 Å². The first-order valence-corrected chi connectivity index (χ1v) is 11.3. The van der Waals surface area contributed by atoms with Gasteiger partial charge in [-0.1, -0.05) is 23.7 Å². The number of benzene rings is 2. The first kappa shape index (κ1) is 20.9. The molecule has 1 N–H and O–H groups in total. The van der Waals surface area contributed by atoms with Crippen LogP contribution in [0.4, 0.5) is 0 Å². The maximum absolute atomic E-state index is 12.6. The molecule has 2 aliphatic rings. The number of sulfonamides is 1. The van der Waals surface area contributed by atoms with Crippen LogP contribution in [0.2, 0.25) is 5.02 Å². The van der Waals surface area contributed by atoms with Gasteiger partial charge in [0.25, 0.3) is 5.91 Å². The Morgan fingerprint density at radius 2 is 1.83 bits per heavy atom. The Labute approximate surface area is 179 Å². The molecule has 1 saturated heterocycles. The number of halogens is 1. The van der Waals surface area contributed by atoms with Crippen molar-refractivity contribution in [2.45, 2.75) is 17.5 Å². The lowest BCUT2D eigenvalue weighted by atomic mass is 10.2. The average Bonchev–Trinajstić information content (AvgIpc) is 2.78. The lowest BCUT2D eigenvalue weighted by Gasteiger charge is -2.32. The van der Waals surface area contributed by atoms with Crippen LogP contribution in [0, 0.1) is 0 Å². The molecular weight excluding hydrogens is 432 g/mol. The minimum atomic E-state index is -3.76. The molecule has 1 amide bonds. The SMILES string of the molecule is O=C([C@@H]1COc2cc(S(=O)(=O)NCc3ccc(Cl)cc3)ccc2O1)N1CCOCC1. The second-order valence-corrected chi connectivity index (χ2v) is 9.12. The summed E-state index contributed by atoms with van der Waals surface area (Å²) in [6, 6.07) is 11.2. The third-order valence-corrected chi connectivity index (χ3v) is 6.51. The van der Waals surface area contributed by atoms with Crippen molar-refractivity contribution in [3.63, 3.8) is 0 Å². The molecule has 0 unspecified atom stereocenters. The van der Waals surface area contributed by atoms with Crippen LogP contribution < -0.4 is 14.2 Å². The number of nitrogens with one attached hydrogen (secondary N) is 1. The lowest BCUT2D eigenvalue weighted by Crippen LogP contribution is -2.50. The van der Waals surface area contributed by atoms with Gasteiger partial charge in [-0.05, 0) is 29.8 Å². The Kier molecular flexibility index (Phi) is 6.14. The summed E-state index contributed by atoms with van der Waals surface area (Å²) in [6.45, 7) is 2.18. The molecule has 0 bridgehead atoms. The van der Waals surface area contributed by atoms with E-state index >= 15 is 0 Å². The van der Waals surface area contributed by atoms with Crippen molar-refractivity contribution < 1.29 is 27.4 Å². The Hall–Kier alpha value is -2.33. The Balaban J connectivity index is 1.42. The number of ether oxygens (including phenoxy) is 3. The molecule has 0 aliphatic carbocycles. The number of fused-ring (bicyclic) bond motifs is 1. The van der Waals surface area contributed by atoms with Crippen molar-refractivity contribution in [2.75, 3.05) is 32.9 Å². The highest BCUT2D eigenvalue weighted by Crippen LogP contribution is 2.34. The van der Waals surface area contributed by atoms with Gasteiger partial charge in [-0.25, -0.2) is 13.1 Å². The maximum atomic E-state index is 12.6. The van der Waals surface area contributed by atoms with E-state index in [1.165, 1.54) is 18.2 Å². The molecule has 2 aromatic rings. The van der Waals surface area contributed by atoms with Crippen LogP contribution in [0.1, 0.15) is 5.56 Å². The van der Waals surface area contributed by atoms with E-state index in [1.54, 1.807) is 29.2 Å². The highest BCUT2D eigenvalue weighted by Gasteiger charge is 2.32. The van der Waals surface area contributed by atoms with Gasteiger partial charge in [0.2, 0.25) is 16.1 Å². The molecule has 8 nitrogen and oxygen atoms in total. The molecule has 0 spiro atoms. The fourth-order valence-corrected chi connectivity index (χ4v) is 4.35. The van der Waals surface area contributed by atoms with Gasteiger partial charge in [-0.15, -0.1) is 0 Å². The first-order chi connectivity index (χ1) is 14.4. The Bertz CT molecular complexity index is 1020. The van der Waals surface area contributed by atoms with Crippen LogP contribution in [-0.2, 0) is 26.1 Å². The monoisotopic (exact) mass is 452 g/mol. The van der Waals surface area contributed by atoms with E-state index in [0.29, 0.717) is 37.1 Å². The number of nitrogens with zero attached hydrogens (tertiary/aromatic N) is 1. The predicted molar refractivity (Wildman–Crippen MR) is 109 cm³/mol. The van der Waals surface area contributed by atoms with Crippen molar-refractivity contribution in [3.8, 4) is 11.5 Å². The standard InChI is InChI=1S/C20H21ClN2O6S/c21-15-3-1-14(2-4-15)12-22-30(25,26)16-5-6-17-18(11-16)28-13-19(29-17)20(24)23-7-9-27-10-8-23/h1-6,11,19,22H,7-10,12-13H2/t19-/m0/s1. The summed E-state index contributed by atoms with van der Waals surface area (Å²) in [5.41, 5.74) is 0.782. The molecule has 0 saturated carbocycles. The van der Waals surface area contributed by atoms with E-state index in [4.69, 9.17) is 25.8 Å². The Morgan fingerprint density at radius 1 is 1.10 bits per heavy atom. The van der Waals surface area contributed by atoms with Gasteiger partial charge in [0, 0.05) is 30.7 Å². The van der Waals surface area contributed by atoms with Crippen molar-refractivity contribution in [1.29, 1.82) is 0 Å². The normalized spacial score (nSPS) is 18.8. The number of carbonyl (C=O) groups excluding carboxylic acids is 1. The van der Waals surface area contributed by atoms with Gasteiger partial charge >= 0.3 is 0 Å². The molecule has 10 heteroatoms. The summed E-state index contributed by atoms with van der Waals surface area (Å²) in [5.74, 6) is 0.463. The van der Waals surface area contributed by atoms with Gasteiger partial charge in [0.1, 0.15) is 6.61 Å². The van der Waals surface area contributed by atoms with Gasteiger partial charge < -0.3 is 19.1 Å². The number of hydrogen-bond acceptors (Lipinski definition) is 6. The summed E-state index contributed by atoms with van der Waals surface area (Å²) >= 11 is 5.85. The zero-order chi connectivity index (χ0) is 21.1. The molecule has 1 atom stereocenters. The van der Waals surface area contributed by atoms with Crippen molar-refractivity contribution in [2.24, 2.45) is 0 Å². The van der Waals surface area contributed by atoms with Crippen LogP contribution in [0.25, 0.3) is 0 Å². The highest BCUT2D eigenvalue weighted by atomic mass is 35.5. The summed E-state index contributed by atoms with van der Waals surface area (Å²) < 4.78 is 44.5. The fraction of sp³-hybridized carbons (Fsp3) is 0.350. The molecule has 2 heterocycles. The number of amides is 1. The molecular formula is C20H21ClN2O6S. The first-order valence-electron chi connectivity index (χ1n) is 9.46. The molecule has 2 aliphatic heterocycles. The van der Waals surface area contributed by atoms with Crippen LogP contribution in [0.3, 0.4) is 0 Å². The van der Waals surface area contributed by atoms with E-state index in [0.717, 1.165) is 5.56 Å². The van der Waals surface area contributed by atoms with Gasteiger partial charge in [-0.2, -0.15) is 0 Å². The van der Waals surface area contributed by atoms with E-state index in [9.17, 15) is 13.2 Å². The molecule has 4 rings (SSSR count). The summed E-state index contributed by atoms with van der Waals surface area (Å²) in [4.78, 5) is 14.3. The number of rotatable bonds is 5. The topological polar surface area (TPSA) is 94.2 Å². The third kappa shape index (κ3) is 4.70. The maximum Gasteiger partial charge on any atom is 0.267 e. The number of carbonyl (C=O) groups is 1. The van der Waals surface area contributed by atoms with E-state index in [-0.39, 0.29) is 29.7 Å². The van der Waals surface area contributed by atoms with Crippen LogP contribution in [0.5, 0.6) is 11.5 Å². The zero-order valence-corrected chi connectivity index (χ0v) is 17.6. The van der Waals surface area contributed by atoms with E-state index in [1.807, 2.05) is 0 Å². The van der Waals surface area contributed by atoms with Gasteiger partial charge in [0.15, 0.2) is 11.5 Å². The molecule has 0 aromatic heterocycles. The summed E-state index contributed by atoms with van der Waals surface area (Å²) in [6.07, 6.45) is -0.763. The molecule has 2 aromatic carbocycles. The lowest BCUT2D eigenvalue weighted by molar-refractivity contribution is -0.145. The van der Waals surface area contributed by atoms with Gasteiger partial charge in [0.05, 0.1) is 18.1 Å². The van der Waals surface area contributed by atoms with Crippen molar-refractivity contribution >= 4 is 27.5 Å². The molecule has 30 heavy (non-hydrogen) atoms.